The number of hydrogen-bond donors (Lipinski definition) is 1. The Balaban J connectivity index is 1.78. The molecule has 0 aliphatic heterocycles. The fourth-order valence-electron chi connectivity index (χ4n) is 4.18. The van der Waals surface area contributed by atoms with Crippen LogP contribution in [0.3, 0.4) is 0 Å². The van der Waals surface area contributed by atoms with Crippen molar-refractivity contribution in [2.45, 2.75) is 37.8 Å². The van der Waals surface area contributed by atoms with Gasteiger partial charge in [-0.25, -0.2) is 4.79 Å². The van der Waals surface area contributed by atoms with Gasteiger partial charge in [0, 0.05) is 11.7 Å². The molecule has 1 aliphatic carbocycles. The first-order valence-corrected chi connectivity index (χ1v) is 11.0. The zero-order chi connectivity index (χ0) is 23.2. The molecule has 33 heavy (non-hydrogen) atoms. The van der Waals surface area contributed by atoms with Crippen molar-refractivity contribution >= 4 is 23.5 Å². The number of methoxy groups -OCH3 is 1. The smallest absolute Gasteiger partial charge is 0.337 e. The van der Waals surface area contributed by atoms with Gasteiger partial charge in [-0.2, -0.15) is 0 Å². The molecule has 1 aliphatic rings. The first-order chi connectivity index (χ1) is 16.1. The molecule has 1 atom stereocenters. The molecule has 2 amide bonds. The Labute approximate surface area is 192 Å². The van der Waals surface area contributed by atoms with Crippen molar-refractivity contribution < 1.29 is 23.5 Å². The van der Waals surface area contributed by atoms with E-state index in [1.807, 2.05) is 30.3 Å². The number of rotatable bonds is 7. The van der Waals surface area contributed by atoms with E-state index in [-0.39, 0.29) is 17.7 Å². The largest absolute Gasteiger partial charge is 0.465 e. The molecule has 1 unspecified atom stereocenters. The van der Waals surface area contributed by atoms with Crippen molar-refractivity contribution in [3.05, 3.63) is 89.9 Å². The van der Waals surface area contributed by atoms with Crippen LogP contribution in [-0.2, 0) is 9.53 Å². The molecule has 170 valence electrons. The highest BCUT2D eigenvalue weighted by Gasteiger charge is 2.35. The molecule has 4 rings (SSSR count). The lowest BCUT2D eigenvalue weighted by molar-refractivity contribution is -0.123. The minimum absolute atomic E-state index is 0.0889. The second kappa shape index (κ2) is 10.2. The zero-order valence-electron chi connectivity index (χ0n) is 18.4. The summed E-state index contributed by atoms with van der Waals surface area (Å²) in [4.78, 5) is 40.5. The lowest BCUT2D eigenvalue weighted by Crippen LogP contribution is -2.46. The van der Waals surface area contributed by atoms with Crippen molar-refractivity contribution in [2.24, 2.45) is 0 Å². The normalized spacial score (nSPS) is 14.5. The number of esters is 1. The summed E-state index contributed by atoms with van der Waals surface area (Å²) in [6.07, 6.45) is 5.41. The number of carbonyl (C=O) groups excluding carboxylic acids is 3. The number of furan rings is 1. The first-order valence-electron chi connectivity index (χ1n) is 11.0. The number of carbonyl (C=O) groups is 3. The predicted molar refractivity (Wildman–Crippen MR) is 123 cm³/mol. The molecular formula is C26H26N2O5. The van der Waals surface area contributed by atoms with E-state index in [4.69, 9.17) is 9.15 Å². The average molecular weight is 447 g/mol. The third-order valence-electron chi connectivity index (χ3n) is 5.84. The molecule has 7 nitrogen and oxygen atoms in total. The summed E-state index contributed by atoms with van der Waals surface area (Å²) in [6.45, 7) is 0. The average Bonchev–Trinajstić information content (AvgIpc) is 3.57. The van der Waals surface area contributed by atoms with Crippen LogP contribution in [0.4, 0.5) is 5.69 Å². The van der Waals surface area contributed by atoms with Crippen LogP contribution in [0.2, 0.25) is 0 Å². The lowest BCUT2D eigenvalue weighted by Gasteiger charge is -2.32. The zero-order valence-corrected chi connectivity index (χ0v) is 18.4. The molecule has 0 spiro atoms. The minimum atomic E-state index is -0.923. The van der Waals surface area contributed by atoms with Crippen LogP contribution in [0.25, 0.3) is 0 Å². The van der Waals surface area contributed by atoms with Gasteiger partial charge in [0.25, 0.3) is 5.91 Å². The Morgan fingerprint density at radius 2 is 1.67 bits per heavy atom. The third kappa shape index (κ3) is 4.98. The molecule has 1 heterocycles. The summed E-state index contributed by atoms with van der Waals surface area (Å²) in [5, 5.41) is 3.13. The molecule has 1 saturated carbocycles. The number of nitrogens with one attached hydrogen (secondary N) is 1. The van der Waals surface area contributed by atoms with Crippen molar-refractivity contribution in [1.82, 2.24) is 5.32 Å². The van der Waals surface area contributed by atoms with Gasteiger partial charge in [0.15, 0.2) is 5.76 Å². The topological polar surface area (TPSA) is 88.8 Å². The Kier molecular flexibility index (Phi) is 6.88. The van der Waals surface area contributed by atoms with Crippen molar-refractivity contribution in [1.29, 1.82) is 0 Å². The second-order valence-electron chi connectivity index (χ2n) is 7.99. The van der Waals surface area contributed by atoms with Gasteiger partial charge in [-0.3, -0.25) is 14.5 Å². The van der Waals surface area contributed by atoms with E-state index in [1.54, 1.807) is 36.4 Å². The molecule has 0 radical (unpaired) electrons. The summed E-state index contributed by atoms with van der Waals surface area (Å²) in [6, 6.07) is 17.9. The van der Waals surface area contributed by atoms with Gasteiger partial charge in [-0.1, -0.05) is 43.2 Å². The fourth-order valence-corrected chi connectivity index (χ4v) is 4.18. The van der Waals surface area contributed by atoms with Gasteiger partial charge in [0.05, 0.1) is 18.9 Å². The minimum Gasteiger partial charge on any atom is -0.465 e. The molecule has 1 aromatic heterocycles. The number of anilines is 1. The van der Waals surface area contributed by atoms with E-state index in [9.17, 15) is 14.4 Å². The Morgan fingerprint density at radius 3 is 2.27 bits per heavy atom. The summed E-state index contributed by atoms with van der Waals surface area (Å²) in [7, 11) is 1.31. The maximum Gasteiger partial charge on any atom is 0.337 e. The lowest BCUT2D eigenvalue weighted by atomic mass is 10.0. The molecular weight excluding hydrogens is 420 g/mol. The van der Waals surface area contributed by atoms with Crippen molar-refractivity contribution in [3.8, 4) is 0 Å². The summed E-state index contributed by atoms with van der Waals surface area (Å²) in [5.41, 5.74) is 1.47. The van der Waals surface area contributed by atoms with Crippen LogP contribution in [0.15, 0.2) is 77.4 Å². The van der Waals surface area contributed by atoms with E-state index in [2.05, 4.69) is 5.32 Å². The van der Waals surface area contributed by atoms with Crippen LogP contribution in [0.1, 0.15) is 58.2 Å². The SMILES string of the molecule is COC(=O)c1ccc(N(C(=O)c2ccco2)C(C(=O)NC2CCCC2)c2ccccc2)cc1. The fraction of sp³-hybridized carbons (Fsp3) is 0.269. The van der Waals surface area contributed by atoms with E-state index < -0.39 is 17.9 Å². The van der Waals surface area contributed by atoms with Gasteiger partial charge in [-0.15, -0.1) is 0 Å². The van der Waals surface area contributed by atoms with Crippen molar-refractivity contribution in [3.63, 3.8) is 0 Å². The van der Waals surface area contributed by atoms with Crippen LogP contribution in [0, 0.1) is 0 Å². The monoisotopic (exact) mass is 446 g/mol. The van der Waals surface area contributed by atoms with E-state index in [0.717, 1.165) is 25.7 Å². The van der Waals surface area contributed by atoms with E-state index >= 15 is 0 Å². The quantitative estimate of drug-likeness (QED) is 0.540. The second-order valence-corrected chi connectivity index (χ2v) is 7.99. The molecule has 0 bridgehead atoms. The molecule has 3 aromatic rings. The predicted octanol–water partition coefficient (Wildman–Crippen LogP) is 4.51. The number of benzene rings is 2. The Morgan fingerprint density at radius 1 is 0.970 bits per heavy atom. The van der Waals surface area contributed by atoms with Gasteiger partial charge in [0.2, 0.25) is 5.91 Å². The molecule has 1 N–H and O–H groups in total. The maximum atomic E-state index is 13.6. The number of hydrogen-bond acceptors (Lipinski definition) is 5. The van der Waals surface area contributed by atoms with Crippen LogP contribution < -0.4 is 10.2 Å². The highest BCUT2D eigenvalue weighted by Crippen LogP contribution is 2.31. The Hall–Kier alpha value is -3.87. The molecule has 2 aromatic carbocycles. The standard InChI is InChI=1S/C26H26N2O5/c1-32-26(31)19-13-15-21(16-14-19)28(25(30)22-12-7-17-33-22)23(18-8-3-2-4-9-18)24(29)27-20-10-5-6-11-20/h2-4,7-9,12-17,20,23H,5-6,10-11H2,1H3,(H,27,29). The van der Waals surface area contributed by atoms with Crippen LogP contribution in [-0.4, -0.2) is 30.9 Å². The van der Waals surface area contributed by atoms with Crippen molar-refractivity contribution in [2.75, 3.05) is 12.0 Å². The third-order valence-corrected chi connectivity index (χ3v) is 5.84. The highest BCUT2D eigenvalue weighted by atomic mass is 16.5. The van der Waals surface area contributed by atoms with Crippen LogP contribution in [0.5, 0.6) is 0 Å². The molecule has 1 fully saturated rings. The summed E-state index contributed by atoms with van der Waals surface area (Å²) < 4.78 is 10.2. The molecule has 0 saturated heterocycles. The Bertz CT molecular complexity index is 1090. The number of amides is 2. The summed E-state index contributed by atoms with van der Waals surface area (Å²) >= 11 is 0. The van der Waals surface area contributed by atoms with Gasteiger partial charge in [0.1, 0.15) is 6.04 Å². The highest BCUT2D eigenvalue weighted by molar-refractivity contribution is 6.09. The van der Waals surface area contributed by atoms with Gasteiger partial charge < -0.3 is 14.5 Å². The number of ether oxygens (including phenoxy) is 1. The van der Waals surface area contributed by atoms with Crippen LogP contribution >= 0.6 is 0 Å². The summed E-state index contributed by atoms with van der Waals surface area (Å²) in [5.74, 6) is -1.09. The van der Waals surface area contributed by atoms with E-state index in [0.29, 0.717) is 16.8 Å². The molecule has 7 heteroatoms. The first kappa shape index (κ1) is 22.3. The van der Waals surface area contributed by atoms with E-state index in [1.165, 1.54) is 18.3 Å². The van der Waals surface area contributed by atoms with Gasteiger partial charge >= 0.3 is 5.97 Å². The number of nitrogens with zero attached hydrogens (tertiary/aromatic N) is 1. The maximum absolute atomic E-state index is 13.6. The van der Waals surface area contributed by atoms with Gasteiger partial charge in [-0.05, 0) is 54.8 Å².